The van der Waals surface area contributed by atoms with Crippen LogP contribution >= 0.6 is 0 Å². The van der Waals surface area contributed by atoms with E-state index < -0.39 is 8.07 Å². The fourth-order valence-corrected chi connectivity index (χ4v) is 14.3. The minimum atomic E-state index is -2.79. The molecular weight excluding hydrogens is 793 g/mol. The summed E-state index contributed by atoms with van der Waals surface area (Å²) in [7, 11) is -2.79. The number of hydrogen-bond acceptors (Lipinski definition) is 3. The molecule has 0 aliphatic heterocycles. The molecule has 304 valence electrons. The van der Waals surface area contributed by atoms with Gasteiger partial charge in [0.1, 0.15) is 0 Å². The van der Waals surface area contributed by atoms with E-state index in [1.54, 1.807) is 0 Å². The third kappa shape index (κ3) is 6.83. The Morgan fingerprint density at radius 1 is 0.328 bits per heavy atom. The second-order valence-electron chi connectivity index (χ2n) is 16.6. The lowest BCUT2D eigenvalue weighted by Gasteiger charge is -2.34. The molecule has 9 aromatic carbocycles. The number of rotatable bonds is 9. The van der Waals surface area contributed by atoms with Crippen molar-refractivity contribution in [3.05, 3.63) is 242 Å². The Hall–Kier alpha value is -7.99. The summed E-state index contributed by atoms with van der Waals surface area (Å²) >= 11 is 0. The highest BCUT2D eigenvalue weighted by molar-refractivity contribution is 7.19. The number of hydrogen-bond donors (Lipinski definition) is 0. The van der Waals surface area contributed by atoms with Crippen molar-refractivity contribution in [1.82, 2.24) is 19.5 Å². The molecule has 0 fully saturated rings. The van der Waals surface area contributed by atoms with Crippen LogP contribution in [0.15, 0.2) is 231 Å². The van der Waals surface area contributed by atoms with Gasteiger partial charge in [0, 0.05) is 27.5 Å². The first-order chi connectivity index (χ1) is 31.5. The summed E-state index contributed by atoms with van der Waals surface area (Å²) in [4.78, 5) is 15.6. The monoisotopic (exact) mass is 836 g/mol. The summed E-state index contributed by atoms with van der Waals surface area (Å²) < 4.78 is 2.41. The van der Waals surface area contributed by atoms with Gasteiger partial charge in [0.15, 0.2) is 25.5 Å². The maximum absolute atomic E-state index is 5.28. The molecule has 11 aromatic rings. The summed E-state index contributed by atoms with van der Waals surface area (Å²) in [5.41, 5.74) is 10.7. The topological polar surface area (TPSA) is 43.6 Å². The number of fused-ring (bicyclic) bond motifs is 3. The van der Waals surface area contributed by atoms with Crippen molar-refractivity contribution >= 4 is 50.6 Å². The molecular formula is C59H44N4Si. The molecule has 0 saturated carbocycles. The van der Waals surface area contributed by atoms with Crippen molar-refractivity contribution < 1.29 is 0 Å². The Morgan fingerprint density at radius 2 is 0.734 bits per heavy atom. The fraction of sp³-hybridized carbons (Fsp3) is 0.0339. The van der Waals surface area contributed by atoms with Gasteiger partial charge in [-0.25, -0.2) is 15.0 Å². The Balaban J connectivity index is 1.19. The minimum Gasteiger partial charge on any atom is -0.308 e. The van der Waals surface area contributed by atoms with Crippen molar-refractivity contribution in [2.45, 2.75) is 13.8 Å². The third-order valence-electron chi connectivity index (χ3n) is 12.5. The zero-order valence-electron chi connectivity index (χ0n) is 35.7. The second kappa shape index (κ2) is 16.4. The number of nitrogens with zero attached hydrogens (tertiary/aromatic N) is 4. The van der Waals surface area contributed by atoms with Gasteiger partial charge in [-0.1, -0.05) is 205 Å². The van der Waals surface area contributed by atoms with Crippen molar-refractivity contribution in [2.24, 2.45) is 0 Å². The molecule has 0 radical (unpaired) electrons. The summed E-state index contributed by atoms with van der Waals surface area (Å²) in [5.74, 6) is 1.87. The van der Waals surface area contributed by atoms with Crippen molar-refractivity contribution in [3.63, 3.8) is 0 Å². The van der Waals surface area contributed by atoms with E-state index in [-0.39, 0.29) is 0 Å². The van der Waals surface area contributed by atoms with Gasteiger partial charge in [-0.15, -0.1) is 0 Å². The van der Waals surface area contributed by atoms with Crippen LogP contribution in [0.5, 0.6) is 0 Å². The SMILES string of the molecule is Cc1ccc2c(c1)c1cc(C)ccc1n2-c1cc(-c2cccc([Si](c3ccccc3)(c3ccccc3)c3ccccc3)c2)ccc1-c1nc(-c2ccccc2)nc(-c2ccccc2)n1. The van der Waals surface area contributed by atoms with Gasteiger partial charge in [0.25, 0.3) is 0 Å². The van der Waals surface area contributed by atoms with Gasteiger partial charge >= 0.3 is 0 Å². The van der Waals surface area contributed by atoms with E-state index in [1.807, 2.05) is 36.4 Å². The van der Waals surface area contributed by atoms with E-state index in [0.29, 0.717) is 17.5 Å². The molecule has 0 aliphatic rings. The van der Waals surface area contributed by atoms with E-state index in [0.717, 1.165) is 44.5 Å². The normalized spacial score (nSPS) is 11.6. The molecule has 0 bridgehead atoms. The standard InChI is InChI=1S/C59H44N4Si/c1-41-31-35-54-52(37-41)53-38-42(2)32-36-55(53)63(54)56-40-46(33-34-51(56)59-61-57(43-19-8-3-9-20-43)60-58(62-59)44-21-10-4-11-22-44)45-23-18-30-50(39-45)64(47-24-12-5-13-25-47,48-26-14-6-15-27-48)49-28-16-7-17-29-49/h3-40H,1-2H3. The number of aromatic nitrogens is 4. The predicted molar refractivity (Wildman–Crippen MR) is 269 cm³/mol. The Kier molecular flexibility index (Phi) is 9.95. The molecule has 2 heterocycles. The van der Waals surface area contributed by atoms with Gasteiger partial charge in [-0.3, -0.25) is 0 Å². The molecule has 0 atom stereocenters. The van der Waals surface area contributed by atoms with E-state index in [4.69, 9.17) is 15.0 Å². The van der Waals surface area contributed by atoms with Gasteiger partial charge < -0.3 is 4.57 Å². The summed E-state index contributed by atoms with van der Waals surface area (Å²) in [6, 6.07) is 83.4. The lowest BCUT2D eigenvalue weighted by molar-refractivity contribution is 1.06. The lowest BCUT2D eigenvalue weighted by atomic mass is 10.0. The Labute approximate surface area is 374 Å². The summed E-state index contributed by atoms with van der Waals surface area (Å²) in [5, 5.41) is 7.78. The minimum absolute atomic E-state index is 0.612. The van der Waals surface area contributed by atoms with Crippen LogP contribution in [0.3, 0.4) is 0 Å². The molecule has 4 nitrogen and oxygen atoms in total. The molecule has 64 heavy (non-hydrogen) atoms. The first-order valence-electron chi connectivity index (χ1n) is 21.9. The molecule has 5 heteroatoms. The van der Waals surface area contributed by atoms with Gasteiger partial charge in [0.05, 0.1) is 16.7 Å². The molecule has 0 saturated heterocycles. The van der Waals surface area contributed by atoms with Gasteiger partial charge in [-0.2, -0.15) is 0 Å². The quantitative estimate of drug-likeness (QED) is 0.107. The lowest BCUT2D eigenvalue weighted by Crippen LogP contribution is -2.74. The summed E-state index contributed by atoms with van der Waals surface area (Å²) in [6.45, 7) is 4.34. The van der Waals surface area contributed by atoms with E-state index in [9.17, 15) is 0 Å². The van der Waals surface area contributed by atoms with Crippen LogP contribution in [-0.4, -0.2) is 27.6 Å². The first kappa shape index (κ1) is 38.9. The molecule has 11 rings (SSSR count). The third-order valence-corrected chi connectivity index (χ3v) is 17.3. The van der Waals surface area contributed by atoms with Crippen LogP contribution in [0.1, 0.15) is 11.1 Å². The largest absolute Gasteiger partial charge is 0.308 e. The first-order valence-corrected chi connectivity index (χ1v) is 23.9. The summed E-state index contributed by atoms with van der Waals surface area (Å²) in [6.07, 6.45) is 0. The zero-order valence-corrected chi connectivity index (χ0v) is 36.7. The van der Waals surface area contributed by atoms with Crippen LogP contribution in [-0.2, 0) is 0 Å². The van der Waals surface area contributed by atoms with Crippen LogP contribution < -0.4 is 20.7 Å². The molecule has 0 aliphatic carbocycles. The highest BCUT2D eigenvalue weighted by Gasteiger charge is 2.41. The van der Waals surface area contributed by atoms with Crippen molar-refractivity contribution in [1.29, 1.82) is 0 Å². The van der Waals surface area contributed by atoms with E-state index in [1.165, 1.54) is 42.6 Å². The zero-order chi connectivity index (χ0) is 43.0. The molecule has 0 amide bonds. The maximum atomic E-state index is 5.28. The Bertz CT molecular complexity index is 3230. The van der Waals surface area contributed by atoms with Gasteiger partial charge in [-0.05, 0) is 82.1 Å². The average molecular weight is 837 g/mol. The van der Waals surface area contributed by atoms with Crippen LogP contribution in [0.2, 0.25) is 0 Å². The van der Waals surface area contributed by atoms with Crippen LogP contribution in [0.4, 0.5) is 0 Å². The van der Waals surface area contributed by atoms with Crippen molar-refractivity contribution in [2.75, 3.05) is 0 Å². The highest BCUT2D eigenvalue weighted by atomic mass is 28.3. The Morgan fingerprint density at radius 3 is 1.22 bits per heavy atom. The van der Waals surface area contributed by atoms with E-state index in [2.05, 4.69) is 213 Å². The number of aryl methyl sites for hydroxylation is 2. The maximum Gasteiger partial charge on any atom is 0.179 e. The van der Waals surface area contributed by atoms with Crippen LogP contribution in [0, 0.1) is 13.8 Å². The average Bonchev–Trinajstić information content (AvgIpc) is 3.67. The molecule has 0 spiro atoms. The molecule has 0 unspecified atom stereocenters. The number of benzene rings is 9. The van der Waals surface area contributed by atoms with E-state index >= 15 is 0 Å². The second-order valence-corrected chi connectivity index (χ2v) is 20.4. The molecule has 0 N–H and O–H groups in total. The highest BCUT2D eigenvalue weighted by Crippen LogP contribution is 2.39. The van der Waals surface area contributed by atoms with Crippen LogP contribution in [0.25, 0.3) is 72.8 Å². The van der Waals surface area contributed by atoms with Gasteiger partial charge in [0.2, 0.25) is 0 Å². The molecule has 2 aromatic heterocycles. The smallest absolute Gasteiger partial charge is 0.179 e. The van der Waals surface area contributed by atoms with Crippen molar-refractivity contribution in [3.8, 4) is 51.0 Å². The fourth-order valence-electron chi connectivity index (χ4n) is 9.52. The predicted octanol–water partition coefficient (Wildman–Crippen LogP) is 11.6.